The fourth-order valence-electron chi connectivity index (χ4n) is 3.22. The van der Waals surface area contributed by atoms with Crippen LogP contribution >= 0.6 is 11.6 Å². The van der Waals surface area contributed by atoms with Gasteiger partial charge in [-0.05, 0) is 48.4 Å². The van der Waals surface area contributed by atoms with Crippen LogP contribution < -0.4 is 5.73 Å². The number of nitrogen functional groups attached to an aromatic ring is 1. The molecule has 0 unspecified atom stereocenters. The van der Waals surface area contributed by atoms with Crippen molar-refractivity contribution in [2.75, 3.05) is 25.4 Å². The van der Waals surface area contributed by atoms with Crippen LogP contribution in [-0.2, 0) is 11.3 Å². The first-order valence-corrected chi connectivity index (χ1v) is 9.30. The highest BCUT2D eigenvalue weighted by atomic mass is 35.5. The molecule has 27 heavy (non-hydrogen) atoms. The largest absolute Gasteiger partial charge is 0.398 e. The fraction of sp³-hybridized carbons (Fsp3) is 0.286. The fourth-order valence-corrected chi connectivity index (χ4v) is 3.40. The average molecular weight is 388 g/mol. The van der Waals surface area contributed by atoms with Crippen molar-refractivity contribution in [2.24, 2.45) is 0 Å². The van der Waals surface area contributed by atoms with E-state index >= 15 is 0 Å². The minimum Gasteiger partial charge on any atom is -0.398 e. The highest BCUT2D eigenvalue weighted by Gasteiger charge is 2.25. The quantitative estimate of drug-likeness (QED) is 0.641. The Labute approximate surface area is 164 Å². The highest BCUT2D eigenvalue weighted by molar-refractivity contribution is 6.30. The molecule has 0 saturated carbocycles. The van der Waals surface area contributed by atoms with Crippen molar-refractivity contribution in [3.63, 3.8) is 0 Å². The highest BCUT2D eigenvalue weighted by Crippen LogP contribution is 2.20. The summed E-state index contributed by atoms with van der Waals surface area (Å²) in [7, 11) is 0. The molecule has 0 aromatic heterocycles. The molecule has 1 saturated heterocycles. The molecule has 1 fully saturated rings. The number of carbonyl (C=O) groups excluding carboxylic acids is 1. The van der Waals surface area contributed by atoms with Crippen LogP contribution in [0.1, 0.15) is 18.1 Å². The predicted octanol–water partition coefficient (Wildman–Crippen LogP) is 3.81. The summed E-state index contributed by atoms with van der Waals surface area (Å²) in [5.74, 6) is -0.257. The van der Waals surface area contributed by atoms with E-state index in [1.807, 2.05) is 4.90 Å². The lowest BCUT2D eigenvalue weighted by molar-refractivity contribution is -0.128. The van der Waals surface area contributed by atoms with E-state index < -0.39 is 0 Å². The van der Waals surface area contributed by atoms with Gasteiger partial charge in [-0.1, -0.05) is 29.8 Å². The number of amides is 1. The van der Waals surface area contributed by atoms with Gasteiger partial charge in [0.15, 0.2) is 0 Å². The summed E-state index contributed by atoms with van der Waals surface area (Å²) in [6.45, 7) is 4.94. The molecule has 2 aromatic rings. The molecule has 1 aliphatic rings. The van der Waals surface area contributed by atoms with Crippen LogP contribution in [-0.4, -0.2) is 41.4 Å². The normalized spacial score (nSPS) is 18.2. The average Bonchev–Trinajstić information content (AvgIpc) is 2.64. The maximum Gasteiger partial charge on any atom is 0.246 e. The smallest absolute Gasteiger partial charge is 0.246 e. The number of hydrogen-bond acceptors (Lipinski definition) is 3. The molecule has 3 rings (SSSR count). The van der Waals surface area contributed by atoms with Crippen LogP contribution in [0, 0.1) is 5.82 Å². The zero-order valence-corrected chi connectivity index (χ0v) is 16.0. The van der Waals surface area contributed by atoms with Crippen molar-refractivity contribution in [2.45, 2.75) is 19.5 Å². The standard InChI is InChI=1S/C21H23ClFN3O/c1-15-13-26(11-10-25(15)14-16-2-7-19(23)8-3-16)21(27)9-5-17-4-6-18(22)12-20(17)24/h2-9,12,15H,10-11,13-14,24H2,1H3/b9-5+/t15-/m0/s1. The maximum atomic E-state index is 13.0. The van der Waals surface area contributed by atoms with Crippen molar-refractivity contribution in [3.8, 4) is 0 Å². The number of halogens is 2. The van der Waals surface area contributed by atoms with Crippen LogP contribution in [0.4, 0.5) is 10.1 Å². The number of nitrogens with two attached hydrogens (primary N) is 1. The van der Waals surface area contributed by atoms with Gasteiger partial charge >= 0.3 is 0 Å². The van der Waals surface area contributed by atoms with Crippen molar-refractivity contribution in [3.05, 3.63) is 70.5 Å². The molecule has 2 N–H and O–H groups in total. The van der Waals surface area contributed by atoms with Gasteiger partial charge in [0, 0.05) is 49.0 Å². The van der Waals surface area contributed by atoms with Crippen molar-refractivity contribution >= 4 is 29.3 Å². The van der Waals surface area contributed by atoms with Gasteiger partial charge in [-0.15, -0.1) is 0 Å². The first kappa shape index (κ1) is 19.4. The van der Waals surface area contributed by atoms with E-state index in [2.05, 4.69) is 11.8 Å². The summed E-state index contributed by atoms with van der Waals surface area (Å²) in [4.78, 5) is 16.7. The number of anilines is 1. The van der Waals surface area contributed by atoms with E-state index in [1.54, 1.807) is 42.5 Å². The number of carbonyl (C=O) groups is 1. The summed E-state index contributed by atoms with van der Waals surface area (Å²) in [6, 6.07) is 12.0. The number of piperazine rings is 1. The van der Waals surface area contributed by atoms with Gasteiger partial charge in [-0.3, -0.25) is 9.69 Å². The van der Waals surface area contributed by atoms with Gasteiger partial charge in [-0.2, -0.15) is 0 Å². The molecule has 142 valence electrons. The summed E-state index contributed by atoms with van der Waals surface area (Å²) >= 11 is 5.89. The third kappa shape index (κ3) is 5.08. The topological polar surface area (TPSA) is 49.6 Å². The maximum absolute atomic E-state index is 13.0. The van der Waals surface area contributed by atoms with E-state index in [4.69, 9.17) is 17.3 Å². The molecule has 1 amide bonds. The number of nitrogens with zero attached hydrogens (tertiary/aromatic N) is 2. The summed E-state index contributed by atoms with van der Waals surface area (Å²) in [5, 5.41) is 0.571. The minimum atomic E-state index is -0.227. The van der Waals surface area contributed by atoms with E-state index in [-0.39, 0.29) is 17.8 Å². The zero-order chi connectivity index (χ0) is 19.4. The lowest BCUT2D eigenvalue weighted by Gasteiger charge is -2.39. The second-order valence-corrected chi connectivity index (χ2v) is 7.27. The molecule has 1 atom stereocenters. The minimum absolute atomic E-state index is 0.0300. The van der Waals surface area contributed by atoms with Crippen molar-refractivity contribution < 1.29 is 9.18 Å². The Morgan fingerprint density at radius 1 is 1.26 bits per heavy atom. The zero-order valence-electron chi connectivity index (χ0n) is 15.2. The molecule has 0 bridgehead atoms. The van der Waals surface area contributed by atoms with Gasteiger partial charge in [0.2, 0.25) is 5.91 Å². The van der Waals surface area contributed by atoms with E-state index in [0.717, 1.165) is 24.2 Å². The summed E-state index contributed by atoms with van der Waals surface area (Å²) in [6.07, 6.45) is 3.28. The number of rotatable bonds is 4. The van der Waals surface area contributed by atoms with E-state index in [0.29, 0.717) is 23.8 Å². The molecular weight excluding hydrogens is 365 g/mol. The van der Waals surface area contributed by atoms with Crippen LogP contribution in [0.3, 0.4) is 0 Å². The molecular formula is C21H23ClFN3O. The van der Waals surface area contributed by atoms with Crippen LogP contribution in [0.15, 0.2) is 48.5 Å². The molecule has 4 nitrogen and oxygen atoms in total. The first-order chi connectivity index (χ1) is 12.9. The summed E-state index contributed by atoms with van der Waals surface area (Å²) in [5.41, 5.74) is 8.31. The Morgan fingerprint density at radius 3 is 2.67 bits per heavy atom. The Hall–Kier alpha value is -2.37. The Kier molecular flexibility index (Phi) is 6.14. The molecule has 0 radical (unpaired) electrons. The first-order valence-electron chi connectivity index (χ1n) is 8.93. The van der Waals surface area contributed by atoms with Crippen molar-refractivity contribution in [1.29, 1.82) is 0 Å². The van der Waals surface area contributed by atoms with Gasteiger partial charge in [0.05, 0.1) is 0 Å². The Morgan fingerprint density at radius 2 is 2.00 bits per heavy atom. The number of benzene rings is 2. The summed E-state index contributed by atoms with van der Waals surface area (Å²) < 4.78 is 13.0. The molecule has 1 heterocycles. The van der Waals surface area contributed by atoms with E-state index in [1.165, 1.54) is 12.1 Å². The second-order valence-electron chi connectivity index (χ2n) is 6.84. The molecule has 6 heteroatoms. The lowest BCUT2D eigenvalue weighted by Crippen LogP contribution is -2.52. The number of hydrogen-bond donors (Lipinski definition) is 1. The van der Waals surface area contributed by atoms with E-state index in [9.17, 15) is 9.18 Å². The molecule has 0 spiro atoms. The van der Waals surface area contributed by atoms with Crippen LogP contribution in [0.5, 0.6) is 0 Å². The molecule has 2 aromatic carbocycles. The lowest BCUT2D eigenvalue weighted by atomic mass is 10.1. The monoisotopic (exact) mass is 387 g/mol. The second kappa shape index (κ2) is 8.55. The molecule has 1 aliphatic heterocycles. The van der Waals surface area contributed by atoms with Gasteiger partial charge in [0.25, 0.3) is 0 Å². The van der Waals surface area contributed by atoms with Crippen molar-refractivity contribution in [1.82, 2.24) is 9.80 Å². The Balaban J connectivity index is 1.57. The van der Waals surface area contributed by atoms with Gasteiger partial charge in [0.1, 0.15) is 5.82 Å². The molecule has 0 aliphatic carbocycles. The SMILES string of the molecule is C[C@H]1CN(C(=O)/C=C/c2ccc(Cl)cc2N)CCN1Cc1ccc(F)cc1. The van der Waals surface area contributed by atoms with Gasteiger partial charge in [-0.25, -0.2) is 4.39 Å². The van der Waals surface area contributed by atoms with Crippen LogP contribution in [0.25, 0.3) is 6.08 Å². The third-order valence-corrected chi connectivity index (χ3v) is 5.07. The predicted molar refractivity (Wildman–Crippen MR) is 108 cm³/mol. The Bertz CT molecular complexity index is 838. The van der Waals surface area contributed by atoms with Gasteiger partial charge < -0.3 is 10.6 Å². The third-order valence-electron chi connectivity index (χ3n) is 4.83. The van der Waals surface area contributed by atoms with Crippen LogP contribution in [0.2, 0.25) is 5.02 Å².